The maximum atomic E-state index is 9.36. The standard InChI is InChI=1S/C20H25Cl.C14H23BO2.C6H4BrCl/c1-19(2,3)16-10-15(11-17(13-16)20(4,5)6)14-8-7-9-18(21)12-14;1-13(2,3)10-7-11(14(4,5)6)9-12(8-10)15(16)17;7-5-2-1-3-6(8)4-5/h7-13H,1-6H3;7-9,16-17H,1-6H3;1-4H. The zero-order valence-corrected chi connectivity index (χ0v) is 32.8. The first-order valence-electron chi connectivity index (χ1n) is 15.7. The van der Waals surface area contributed by atoms with Crippen molar-refractivity contribution in [2.24, 2.45) is 0 Å². The summed E-state index contributed by atoms with van der Waals surface area (Å²) in [5, 5.41) is 20.3. The van der Waals surface area contributed by atoms with E-state index in [1.807, 2.05) is 54.6 Å². The van der Waals surface area contributed by atoms with E-state index in [0.29, 0.717) is 5.46 Å². The lowest BCUT2D eigenvalue weighted by Gasteiger charge is -2.26. The molecule has 4 aromatic rings. The Balaban J connectivity index is 0.000000263. The lowest BCUT2D eigenvalue weighted by atomic mass is 9.72. The average Bonchev–Trinajstić information content (AvgIpc) is 2.91. The van der Waals surface area contributed by atoms with Crippen molar-refractivity contribution in [3.05, 3.63) is 122 Å². The van der Waals surface area contributed by atoms with Crippen molar-refractivity contribution in [3.8, 4) is 11.1 Å². The van der Waals surface area contributed by atoms with Crippen LogP contribution in [0.25, 0.3) is 11.1 Å². The van der Waals surface area contributed by atoms with Gasteiger partial charge in [0.1, 0.15) is 0 Å². The fourth-order valence-corrected chi connectivity index (χ4v) is 5.37. The molecule has 0 heterocycles. The Morgan fingerprint density at radius 2 is 0.848 bits per heavy atom. The van der Waals surface area contributed by atoms with E-state index in [1.165, 1.54) is 22.3 Å². The topological polar surface area (TPSA) is 40.5 Å². The van der Waals surface area contributed by atoms with Crippen LogP contribution in [0.3, 0.4) is 0 Å². The third-order valence-corrected chi connectivity index (χ3v) is 8.56. The third kappa shape index (κ3) is 12.8. The van der Waals surface area contributed by atoms with Gasteiger partial charge in [-0.3, -0.25) is 0 Å². The summed E-state index contributed by atoms with van der Waals surface area (Å²) in [6.07, 6.45) is 0. The van der Waals surface area contributed by atoms with Gasteiger partial charge in [0, 0.05) is 14.5 Å². The van der Waals surface area contributed by atoms with Gasteiger partial charge in [0.05, 0.1) is 0 Å². The van der Waals surface area contributed by atoms with Crippen molar-refractivity contribution in [1.29, 1.82) is 0 Å². The second kappa shape index (κ2) is 15.9. The summed E-state index contributed by atoms with van der Waals surface area (Å²) in [5.74, 6) is 0. The summed E-state index contributed by atoms with van der Waals surface area (Å²) >= 11 is 15.0. The molecule has 0 atom stereocenters. The van der Waals surface area contributed by atoms with Crippen molar-refractivity contribution in [1.82, 2.24) is 0 Å². The monoisotopic (exact) mass is 724 g/mol. The molecule has 0 amide bonds. The summed E-state index contributed by atoms with van der Waals surface area (Å²) in [6, 6.07) is 28.4. The summed E-state index contributed by atoms with van der Waals surface area (Å²) in [7, 11) is -1.40. The Kier molecular flexibility index (Phi) is 13.8. The maximum absolute atomic E-state index is 9.36. The Morgan fingerprint density at radius 3 is 1.15 bits per heavy atom. The summed E-state index contributed by atoms with van der Waals surface area (Å²) < 4.78 is 1.02. The minimum Gasteiger partial charge on any atom is -0.423 e. The molecule has 0 radical (unpaired) electrons. The predicted octanol–water partition coefficient (Wildman–Crippen LogP) is 11.7. The van der Waals surface area contributed by atoms with Crippen LogP contribution in [0.4, 0.5) is 0 Å². The zero-order valence-electron chi connectivity index (χ0n) is 29.7. The highest BCUT2D eigenvalue weighted by molar-refractivity contribution is 9.10. The Morgan fingerprint density at radius 1 is 0.478 bits per heavy atom. The maximum Gasteiger partial charge on any atom is 0.488 e. The van der Waals surface area contributed by atoms with Gasteiger partial charge >= 0.3 is 7.12 Å². The van der Waals surface area contributed by atoms with E-state index in [0.717, 1.165) is 25.6 Å². The van der Waals surface area contributed by atoms with Gasteiger partial charge in [0.15, 0.2) is 0 Å². The molecule has 0 fully saturated rings. The van der Waals surface area contributed by atoms with Crippen molar-refractivity contribution >= 4 is 51.7 Å². The van der Waals surface area contributed by atoms with E-state index in [1.54, 1.807) is 0 Å². The van der Waals surface area contributed by atoms with Crippen LogP contribution in [0.15, 0.2) is 89.4 Å². The largest absolute Gasteiger partial charge is 0.488 e. The summed E-state index contributed by atoms with van der Waals surface area (Å²) in [4.78, 5) is 0. The first-order valence-corrected chi connectivity index (χ1v) is 17.3. The van der Waals surface area contributed by atoms with E-state index >= 15 is 0 Å². The van der Waals surface area contributed by atoms with Crippen LogP contribution >= 0.6 is 39.1 Å². The lowest BCUT2D eigenvalue weighted by Crippen LogP contribution is -2.33. The fourth-order valence-electron chi connectivity index (χ4n) is 4.45. The molecule has 248 valence electrons. The molecule has 0 aliphatic heterocycles. The normalized spacial score (nSPS) is 12.0. The molecule has 0 aliphatic rings. The van der Waals surface area contributed by atoms with Crippen molar-refractivity contribution in [2.45, 2.75) is 105 Å². The number of hydrogen-bond acceptors (Lipinski definition) is 2. The smallest absolute Gasteiger partial charge is 0.423 e. The highest BCUT2D eigenvalue weighted by Crippen LogP contribution is 2.34. The molecule has 2 N–H and O–H groups in total. The lowest BCUT2D eigenvalue weighted by molar-refractivity contribution is 0.425. The molecule has 4 aromatic carbocycles. The Labute approximate surface area is 297 Å². The van der Waals surface area contributed by atoms with Crippen LogP contribution in [0.5, 0.6) is 0 Å². The van der Waals surface area contributed by atoms with Gasteiger partial charge in [-0.05, 0) is 90.8 Å². The highest BCUT2D eigenvalue weighted by Gasteiger charge is 2.24. The molecule has 0 aromatic heterocycles. The van der Waals surface area contributed by atoms with E-state index < -0.39 is 7.12 Å². The third-order valence-electron chi connectivity index (χ3n) is 7.60. The molecule has 2 nitrogen and oxygen atoms in total. The van der Waals surface area contributed by atoms with Crippen LogP contribution in [0.1, 0.15) is 105 Å². The molecule has 0 unspecified atom stereocenters. The summed E-state index contributed by atoms with van der Waals surface area (Å²) in [6.45, 7) is 26.3. The van der Waals surface area contributed by atoms with Crippen LogP contribution in [0, 0.1) is 0 Å². The van der Waals surface area contributed by atoms with Gasteiger partial charge in [-0.1, -0.05) is 177 Å². The number of hydrogen-bond donors (Lipinski definition) is 2. The van der Waals surface area contributed by atoms with Gasteiger partial charge in [0.25, 0.3) is 0 Å². The van der Waals surface area contributed by atoms with Gasteiger partial charge < -0.3 is 10.0 Å². The van der Waals surface area contributed by atoms with Gasteiger partial charge in [-0.15, -0.1) is 0 Å². The van der Waals surface area contributed by atoms with E-state index in [2.05, 4.69) is 129 Å². The van der Waals surface area contributed by atoms with Gasteiger partial charge in [-0.2, -0.15) is 0 Å². The summed E-state index contributed by atoms with van der Waals surface area (Å²) in [5.41, 5.74) is 8.27. The predicted molar refractivity (Wildman–Crippen MR) is 207 cm³/mol. The van der Waals surface area contributed by atoms with Crippen LogP contribution in [0.2, 0.25) is 10.0 Å². The Bertz CT molecular complexity index is 1510. The molecule has 0 saturated heterocycles. The molecule has 46 heavy (non-hydrogen) atoms. The highest BCUT2D eigenvalue weighted by atomic mass is 79.9. The minimum atomic E-state index is -1.40. The Hall–Kier alpha value is -2.08. The molecule has 4 rings (SSSR count). The molecule has 0 bridgehead atoms. The first-order chi connectivity index (χ1) is 20.9. The molecule has 0 saturated carbocycles. The van der Waals surface area contributed by atoms with Crippen molar-refractivity contribution in [2.75, 3.05) is 0 Å². The van der Waals surface area contributed by atoms with E-state index in [4.69, 9.17) is 23.2 Å². The molecular formula is C40H52BBrCl2O2. The van der Waals surface area contributed by atoms with Crippen LogP contribution in [-0.4, -0.2) is 17.2 Å². The second-order valence-electron chi connectivity index (χ2n) is 16.0. The van der Waals surface area contributed by atoms with E-state index in [9.17, 15) is 10.0 Å². The second-order valence-corrected chi connectivity index (χ2v) is 17.8. The quantitative estimate of drug-likeness (QED) is 0.202. The fraction of sp³-hybridized carbons (Fsp3) is 0.400. The molecule has 0 aliphatic carbocycles. The van der Waals surface area contributed by atoms with Crippen molar-refractivity contribution < 1.29 is 10.0 Å². The molecule has 6 heteroatoms. The minimum absolute atomic E-state index is 0.00486. The van der Waals surface area contributed by atoms with Crippen LogP contribution < -0.4 is 5.46 Å². The first kappa shape index (κ1) is 40.1. The SMILES string of the molecule is CC(C)(C)c1cc(-c2cccc(Cl)c2)cc(C(C)(C)C)c1.CC(C)(C)c1cc(B(O)O)cc(C(C)(C)C)c1.Clc1cccc(Br)c1. The zero-order chi connectivity index (χ0) is 35.3. The number of halogens is 3. The molecule has 0 spiro atoms. The number of rotatable bonds is 2. The molecular weight excluding hydrogens is 674 g/mol. The average molecular weight is 726 g/mol. The van der Waals surface area contributed by atoms with Gasteiger partial charge in [0.2, 0.25) is 0 Å². The van der Waals surface area contributed by atoms with E-state index in [-0.39, 0.29) is 21.7 Å². The van der Waals surface area contributed by atoms with Crippen LogP contribution in [-0.2, 0) is 21.7 Å². The number of benzene rings is 4. The van der Waals surface area contributed by atoms with Gasteiger partial charge in [-0.25, -0.2) is 0 Å². The van der Waals surface area contributed by atoms with Crippen molar-refractivity contribution in [3.63, 3.8) is 0 Å².